The highest BCUT2D eigenvalue weighted by Crippen LogP contribution is 2.25. The number of cyclic esters (lactones) is 2. The highest BCUT2D eigenvalue weighted by molar-refractivity contribution is 5.96. The topological polar surface area (TPSA) is 90.9 Å². The van der Waals surface area contributed by atoms with Crippen molar-refractivity contribution in [3.05, 3.63) is 0 Å². The molecule has 0 aromatic carbocycles. The fraction of sp³-hybridized carbons (Fsp3) is 0.812. The van der Waals surface area contributed by atoms with Gasteiger partial charge in [0.25, 0.3) is 5.79 Å². The molecule has 1 saturated heterocycles. The molecule has 0 spiro atoms. The van der Waals surface area contributed by atoms with Crippen molar-refractivity contribution in [2.75, 3.05) is 6.54 Å². The van der Waals surface area contributed by atoms with Crippen LogP contribution >= 0.6 is 0 Å². The summed E-state index contributed by atoms with van der Waals surface area (Å²) in [6, 6.07) is 0. The fourth-order valence-corrected chi connectivity index (χ4v) is 1.79. The molecule has 0 atom stereocenters. The van der Waals surface area contributed by atoms with Gasteiger partial charge in [-0.25, -0.2) is 4.79 Å². The molecule has 1 amide bonds. The van der Waals surface area contributed by atoms with Crippen LogP contribution in [0.5, 0.6) is 0 Å². The van der Waals surface area contributed by atoms with E-state index >= 15 is 0 Å². The predicted molar refractivity (Wildman–Crippen MR) is 84.6 cm³/mol. The average Bonchev–Trinajstić information content (AvgIpc) is 2.35. The second kappa shape index (κ2) is 8.74. The number of alkyl carbamates (subject to hydrolysis) is 1. The minimum atomic E-state index is -1.21. The van der Waals surface area contributed by atoms with Crippen molar-refractivity contribution in [2.45, 2.75) is 72.7 Å². The Bertz CT molecular complexity index is 405. The van der Waals surface area contributed by atoms with Gasteiger partial charge in [-0.3, -0.25) is 9.59 Å². The zero-order chi connectivity index (χ0) is 18.3. The van der Waals surface area contributed by atoms with E-state index in [0.29, 0.717) is 13.0 Å². The maximum absolute atomic E-state index is 11.7. The first-order valence-corrected chi connectivity index (χ1v) is 7.93. The SMILES string of the molecule is CC.CC(C)(C)OC(=O)NCCCC1C(=O)OC(C)(C)OC1=O. The molecule has 1 rings (SSSR count). The van der Waals surface area contributed by atoms with Gasteiger partial charge in [-0.05, 0) is 33.6 Å². The molecule has 0 aliphatic carbocycles. The summed E-state index contributed by atoms with van der Waals surface area (Å²) >= 11 is 0. The van der Waals surface area contributed by atoms with Crippen molar-refractivity contribution in [1.29, 1.82) is 0 Å². The molecule has 0 saturated carbocycles. The number of esters is 2. The minimum Gasteiger partial charge on any atom is -0.444 e. The highest BCUT2D eigenvalue weighted by atomic mass is 16.7. The van der Waals surface area contributed by atoms with Crippen LogP contribution in [0.4, 0.5) is 4.79 Å². The van der Waals surface area contributed by atoms with Gasteiger partial charge >= 0.3 is 18.0 Å². The standard InChI is InChI=1S/C14H23NO6.C2H6/c1-13(2,3)21-12(18)15-8-6-7-9-10(16)19-14(4,5)20-11(9)17;1-2/h9H,6-8H2,1-5H3,(H,15,18);1-2H3. The first kappa shape index (κ1) is 21.2. The molecular formula is C16H29NO6. The third-order valence-electron chi connectivity index (χ3n) is 2.60. The van der Waals surface area contributed by atoms with E-state index in [2.05, 4.69) is 5.32 Å². The summed E-state index contributed by atoms with van der Waals surface area (Å²) in [6.07, 6.45) is 0.162. The van der Waals surface area contributed by atoms with Gasteiger partial charge in [0.15, 0.2) is 5.92 Å². The maximum Gasteiger partial charge on any atom is 0.407 e. The number of ether oxygens (including phenoxy) is 3. The number of hydrogen-bond acceptors (Lipinski definition) is 6. The van der Waals surface area contributed by atoms with E-state index < -0.39 is 35.3 Å². The molecule has 1 aliphatic rings. The van der Waals surface area contributed by atoms with Crippen LogP contribution in [0.2, 0.25) is 0 Å². The molecule has 1 aliphatic heterocycles. The van der Waals surface area contributed by atoms with Gasteiger partial charge in [-0.1, -0.05) is 13.8 Å². The van der Waals surface area contributed by atoms with Crippen molar-refractivity contribution in [2.24, 2.45) is 5.92 Å². The maximum atomic E-state index is 11.7. The van der Waals surface area contributed by atoms with Crippen LogP contribution in [0, 0.1) is 5.92 Å². The lowest BCUT2D eigenvalue weighted by Crippen LogP contribution is -2.46. The number of rotatable bonds is 4. The van der Waals surface area contributed by atoms with E-state index in [1.807, 2.05) is 13.8 Å². The quantitative estimate of drug-likeness (QED) is 0.484. The van der Waals surface area contributed by atoms with E-state index in [4.69, 9.17) is 14.2 Å². The van der Waals surface area contributed by atoms with Crippen molar-refractivity contribution >= 4 is 18.0 Å². The molecule has 0 aromatic heterocycles. The van der Waals surface area contributed by atoms with E-state index in [0.717, 1.165) is 0 Å². The van der Waals surface area contributed by atoms with Crippen LogP contribution in [0.15, 0.2) is 0 Å². The molecule has 0 unspecified atom stereocenters. The molecule has 1 heterocycles. The summed E-state index contributed by atoms with van der Waals surface area (Å²) in [4.78, 5) is 34.8. The third kappa shape index (κ3) is 8.42. The molecular weight excluding hydrogens is 302 g/mol. The monoisotopic (exact) mass is 331 g/mol. The van der Waals surface area contributed by atoms with E-state index in [-0.39, 0.29) is 6.42 Å². The smallest absolute Gasteiger partial charge is 0.407 e. The number of carbonyl (C=O) groups excluding carboxylic acids is 3. The largest absolute Gasteiger partial charge is 0.444 e. The Kier molecular flexibility index (Phi) is 8.06. The van der Waals surface area contributed by atoms with Gasteiger partial charge in [-0.2, -0.15) is 0 Å². The molecule has 1 N–H and O–H groups in total. The number of amides is 1. The number of carbonyl (C=O) groups is 3. The van der Waals surface area contributed by atoms with Gasteiger partial charge < -0.3 is 19.5 Å². The van der Waals surface area contributed by atoms with Gasteiger partial charge in [0.2, 0.25) is 0 Å². The fourth-order valence-electron chi connectivity index (χ4n) is 1.79. The second-order valence-electron chi connectivity index (χ2n) is 6.37. The predicted octanol–water partition coefficient (Wildman–Crippen LogP) is 2.77. The lowest BCUT2D eigenvalue weighted by Gasteiger charge is -2.32. The normalized spacial score (nSPS) is 17.3. The lowest BCUT2D eigenvalue weighted by molar-refractivity contribution is -0.240. The lowest BCUT2D eigenvalue weighted by atomic mass is 10.0. The summed E-state index contributed by atoms with van der Waals surface area (Å²) in [5, 5.41) is 2.56. The van der Waals surface area contributed by atoms with E-state index in [1.165, 1.54) is 13.8 Å². The molecule has 0 aromatic rings. The van der Waals surface area contributed by atoms with E-state index in [1.54, 1.807) is 20.8 Å². The summed E-state index contributed by atoms with van der Waals surface area (Å²) in [7, 11) is 0. The Labute approximate surface area is 138 Å². The van der Waals surface area contributed by atoms with Crippen molar-refractivity contribution in [1.82, 2.24) is 5.32 Å². The molecule has 1 fully saturated rings. The molecule has 23 heavy (non-hydrogen) atoms. The highest BCUT2D eigenvalue weighted by Gasteiger charge is 2.42. The van der Waals surface area contributed by atoms with Gasteiger partial charge in [0.1, 0.15) is 5.60 Å². The zero-order valence-electron chi connectivity index (χ0n) is 15.1. The van der Waals surface area contributed by atoms with E-state index in [9.17, 15) is 14.4 Å². The Morgan fingerprint density at radius 1 is 1.17 bits per heavy atom. The average molecular weight is 331 g/mol. The molecule has 0 radical (unpaired) electrons. The summed E-state index contributed by atoms with van der Waals surface area (Å²) in [5.41, 5.74) is -0.563. The van der Waals surface area contributed by atoms with Crippen LogP contribution < -0.4 is 5.32 Å². The second-order valence-corrected chi connectivity index (χ2v) is 6.37. The van der Waals surface area contributed by atoms with Crippen molar-refractivity contribution in [3.63, 3.8) is 0 Å². The Morgan fingerprint density at radius 2 is 1.65 bits per heavy atom. The van der Waals surface area contributed by atoms with Crippen LogP contribution in [0.25, 0.3) is 0 Å². The van der Waals surface area contributed by atoms with Crippen LogP contribution in [-0.2, 0) is 23.8 Å². The van der Waals surface area contributed by atoms with Crippen molar-refractivity contribution in [3.8, 4) is 0 Å². The molecule has 7 heteroatoms. The Morgan fingerprint density at radius 3 is 2.09 bits per heavy atom. The van der Waals surface area contributed by atoms with Crippen LogP contribution in [0.3, 0.4) is 0 Å². The first-order chi connectivity index (χ1) is 10.5. The van der Waals surface area contributed by atoms with Crippen LogP contribution in [-0.4, -0.2) is 36.0 Å². The molecule has 0 bridgehead atoms. The first-order valence-electron chi connectivity index (χ1n) is 7.93. The minimum absolute atomic E-state index is 0.254. The summed E-state index contributed by atoms with van der Waals surface area (Å²) in [6.45, 7) is 12.6. The van der Waals surface area contributed by atoms with Gasteiger partial charge in [0.05, 0.1) is 0 Å². The number of nitrogens with one attached hydrogen (secondary N) is 1. The summed E-state index contributed by atoms with van der Waals surface area (Å²) < 4.78 is 15.1. The van der Waals surface area contributed by atoms with Crippen LogP contribution in [0.1, 0.15) is 61.3 Å². The van der Waals surface area contributed by atoms with Crippen molar-refractivity contribution < 1.29 is 28.6 Å². The Hall–Kier alpha value is -1.79. The van der Waals surface area contributed by atoms with Gasteiger partial charge in [0, 0.05) is 20.4 Å². The van der Waals surface area contributed by atoms with Gasteiger partial charge in [-0.15, -0.1) is 0 Å². The number of hydrogen-bond donors (Lipinski definition) is 1. The third-order valence-corrected chi connectivity index (χ3v) is 2.60. The zero-order valence-corrected chi connectivity index (χ0v) is 15.1. The summed E-state index contributed by atoms with van der Waals surface area (Å²) in [5.74, 6) is -3.32. The molecule has 134 valence electrons. The Balaban J connectivity index is 0.00000232. The molecule has 7 nitrogen and oxygen atoms in total.